The van der Waals surface area contributed by atoms with Crippen LogP contribution in [0, 0.1) is 56.7 Å². The summed E-state index contributed by atoms with van der Waals surface area (Å²) in [5, 5.41) is 24.0. The Labute approximate surface area is 208 Å². The summed E-state index contributed by atoms with van der Waals surface area (Å²) in [5.41, 5.74) is 3.36. The first-order valence-corrected chi connectivity index (χ1v) is 14.4. The molecule has 0 radical (unpaired) electrons. The number of nitrogens with zero attached hydrogens (tertiary/aromatic N) is 1. The Morgan fingerprint density at radius 1 is 0.941 bits per heavy atom. The Bertz CT molecular complexity index is 881. The third kappa shape index (κ3) is 2.83. The second kappa shape index (κ2) is 7.83. The van der Waals surface area contributed by atoms with Crippen molar-refractivity contribution < 1.29 is 10.3 Å². The van der Waals surface area contributed by atoms with Gasteiger partial charge in [0.05, 0.1) is 12.3 Å². The summed E-state index contributed by atoms with van der Waals surface area (Å²) in [6, 6.07) is 0. The molecule has 3 nitrogen and oxygen atoms in total. The van der Waals surface area contributed by atoms with Crippen LogP contribution < -0.4 is 0 Å². The topological polar surface area (TPSA) is 52.8 Å². The van der Waals surface area contributed by atoms with Crippen molar-refractivity contribution in [2.24, 2.45) is 61.8 Å². The van der Waals surface area contributed by atoms with E-state index in [1.807, 2.05) is 0 Å². The Morgan fingerprint density at radius 3 is 2.29 bits per heavy atom. The van der Waals surface area contributed by atoms with Crippen molar-refractivity contribution in [3.63, 3.8) is 0 Å². The number of aliphatic hydroxyl groups is 1. The molecule has 0 saturated heterocycles. The van der Waals surface area contributed by atoms with Crippen LogP contribution in [-0.2, 0) is 0 Å². The van der Waals surface area contributed by atoms with Crippen LogP contribution in [0.1, 0.15) is 112 Å². The molecule has 0 aromatic heterocycles. The first kappa shape index (κ1) is 24.8. The average Bonchev–Trinajstić information content (AvgIpc) is 3.20. The monoisotopic (exact) mass is 469 g/mol. The number of fused-ring (bicyclic) bond motifs is 7. The van der Waals surface area contributed by atoms with Crippen molar-refractivity contribution in [3.8, 4) is 0 Å². The van der Waals surface area contributed by atoms with E-state index in [1.54, 1.807) is 0 Å². The van der Waals surface area contributed by atoms with Crippen molar-refractivity contribution in [1.82, 2.24) is 0 Å². The molecule has 1 unspecified atom stereocenters. The van der Waals surface area contributed by atoms with E-state index in [1.165, 1.54) is 56.9 Å². The summed E-state index contributed by atoms with van der Waals surface area (Å²) in [6.07, 6.45) is 13.9. The lowest BCUT2D eigenvalue weighted by Crippen LogP contribution is -2.66. The molecule has 5 saturated carbocycles. The fourth-order valence-electron chi connectivity index (χ4n) is 11.9. The summed E-state index contributed by atoms with van der Waals surface area (Å²) in [4.78, 5) is 0. The van der Waals surface area contributed by atoms with Gasteiger partial charge >= 0.3 is 0 Å². The van der Waals surface area contributed by atoms with Crippen LogP contribution >= 0.6 is 0 Å². The molecular weight excluding hydrogens is 418 g/mol. The minimum atomic E-state index is -0.388. The maximum Gasteiger partial charge on any atom is 0.0655 e. The number of oxime groups is 1. The summed E-state index contributed by atoms with van der Waals surface area (Å²) in [5.74, 6) is 3.43. The quantitative estimate of drug-likeness (QED) is 0.251. The van der Waals surface area contributed by atoms with E-state index in [0.717, 1.165) is 36.8 Å². The average molecular weight is 470 g/mol. The zero-order valence-corrected chi connectivity index (χ0v) is 22.9. The molecule has 10 atom stereocenters. The van der Waals surface area contributed by atoms with Crippen molar-refractivity contribution in [2.45, 2.75) is 112 Å². The molecule has 0 aliphatic heterocycles. The van der Waals surface area contributed by atoms with Gasteiger partial charge in [-0.25, -0.2) is 0 Å². The molecule has 5 aliphatic carbocycles. The summed E-state index contributed by atoms with van der Waals surface area (Å²) in [6.45, 7) is 19.5. The second-order valence-corrected chi connectivity index (χ2v) is 14.5. The third-order valence-corrected chi connectivity index (χ3v) is 14.0. The SMILES string of the molecule is C=C(C)[C@@H]1CC[C@]2(CC)CC[C@]3(C)[C@H](CC[C@@H]4[C@@]5(C)CCC(=NO)C(C)(CO)[C@@H]5CC[C@]43C)[C@@H]12. The van der Waals surface area contributed by atoms with Crippen molar-refractivity contribution in [2.75, 3.05) is 6.61 Å². The lowest BCUT2D eigenvalue weighted by atomic mass is 9.32. The van der Waals surface area contributed by atoms with Gasteiger partial charge in [0.1, 0.15) is 0 Å². The summed E-state index contributed by atoms with van der Waals surface area (Å²) >= 11 is 0. The number of hydrogen-bond acceptors (Lipinski definition) is 3. The first-order chi connectivity index (χ1) is 16.0. The van der Waals surface area contributed by atoms with Gasteiger partial charge in [0.2, 0.25) is 0 Å². The van der Waals surface area contributed by atoms with Crippen LogP contribution in [0.4, 0.5) is 0 Å². The predicted molar refractivity (Wildman–Crippen MR) is 140 cm³/mol. The van der Waals surface area contributed by atoms with Crippen LogP contribution in [0.15, 0.2) is 17.3 Å². The van der Waals surface area contributed by atoms with Gasteiger partial charge in [-0.2, -0.15) is 0 Å². The molecule has 5 rings (SSSR count). The minimum absolute atomic E-state index is 0.0946. The molecule has 0 spiro atoms. The van der Waals surface area contributed by atoms with Crippen LogP contribution in [0.5, 0.6) is 0 Å². The Morgan fingerprint density at radius 2 is 1.68 bits per heavy atom. The number of allylic oxidation sites excluding steroid dienone is 1. The van der Waals surface area contributed by atoms with Crippen molar-refractivity contribution in [1.29, 1.82) is 0 Å². The number of rotatable bonds is 3. The fourth-order valence-corrected chi connectivity index (χ4v) is 11.9. The van der Waals surface area contributed by atoms with Crippen molar-refractivity contribution in [3.05, 3.63) is 12.2 Å². The highest BCUT2D eigenvalue weighted by Gasteiger charge is 2.70. The van der Waals surface area contributed by atoms with E-state index < -0.39 is 0 Å². The Kier molecular flexibility index (Phi) is 5.72. The highest BCUT2D eigenvalue weighted by atomic mass is 16.4. The normalized spacial score (nSPS) is 55.7. The van der Waals surface area contributed by atoms with E-state index in [9.17, 15) is 10.3 Å². The van der Waals surface area contributed by atoms with Crippen LogP contribution in [-0.4, -0.2) is 22.6 Å². The van der Waals surface area contributed by atoms with Gasteiger partial charge in [-0.3, -0.25) is 0 Å². The van der Waals surface area contributed by atoms with Gasteiger partial charge in [0.15, 0.2) is 0 Å². The molecule has 192 valence electrons. The molecule has 5 fully saturated rings. The van der Waals surface area contributed by atoms with E-state index in [4.69, 9.17) is 0 Å². The Hall–Kier alpha value is -0.830. The van der Waals surface area contributed by atoms with Crippen LogP contribution in [0.2, 0.25) is 0 Å². The van der Waals surface area contributed by atoms with Gasteiger partial charge in [-0.1, -0.05) is 58.3 Å². The Balaban J connectivity index is 1.55. The van der Waals surface area contributed by atoms with Crippen LogP contribution in [0.3, 0.4) is 0 Å². The largest absolute Gasteiger partial charge is 0.411 e. The maximum absolute atomic E-state index is 10.5. The van der Waals surface area contributed by atoms with Gasteiger partial charge in [-0.15, -0.1) is 0 Å². The summed E-state index contributed by atoms with van der Waals surface area (Å²) in [7, 11) is 0. The molecule has 0 aromatic rings. The lowest BCUT2D eigenvalue weighted by molar-refractivity contribution is -0.230. The smallest absolute Gasteiger partial charge is 0.0655 e. The van der Waals surface area contributed by atoms with E-state index in [2.05, 4.69) is 53.3 Å². The molecule has 0 amide bonds. The fraction of sp³-hybridized carbons (Fsp3) is 0.903. The van der Waals surface area contributed by atoms with E-state index in [-0.39, 0.29) is 17.4 Å². The second-order valence-electron chi connectivity index (χ2n) is 14.5. The minimum Gasteiger partial charge on any atom is -0.411 e. The highest BCUT2D eigenvalue weighted by Crippen LogP contribution is 2.77. The highest BCUT2D eigenvalue weighted by molar-refractivity contribution is 5.91. The molecule has 5 aliphatic rings. The zero-order valence-electron chi connectivity index (χ0n) is 22.9. The van der Waals surface area contributed by atoms with Gasteiger partial charge in [-0.05, 0) is 122 Å². The predicted octanol–water partition coefficient (Wildman–Crippen LogP) is 7.86. The molecular formula is C31H51NO2. The molecule has 0 aromatic carbocycles. The molecule has 3 heteroatoms. The maximum atomic E-state index is 10.5. The van der Waals surface area contributed by atoms with E-state index >= 15 is 0 Å². The van der Waals surface area contributed by atoms with Gasteiger partial charge in [0, 0.05) is 5.41 Å². The third-order valence-electron chi connectivity index (χ3n) is 14.0. The molecule has 2 N–H and O–H groups in total. The lowest BCUT2D eigenvalue weighted by Gasteiger charge is -2.72. The standard InChI is InChI=1S/C31H51NO2/c1-8-31-16-11-21(20(2)3)26(31)22-9-10-24-27(4)14-13-25(32-34)28(5,19-33)23(27)12-15-30(24,7)29(22,6)17-18-31/h21-24,26,33-34H,2,8-19H2,1,3-7H3/t21-,22+,23+,24+,26+,27-,28?,29+,30+,31+/m0/s1. The molecule has 0 bridgehead atoms. The molecule has 0 heterocycles. The van der Waals surface area contributed by atoms with E-state index in [0.29, 0.717) is 34.0 Å². The van der Waals surface area contributed by atoms with Gasteiger partial charge in [0.25, 0.3) is 0 Å². The first-order valence-electron chi connectivity index (χ1n) is 14.4. The van der Waals surface area contributed by atoms with Gasteiger partial charge < -0.3 is 10.3 Å². The summed E-state index contributed by atoms with van der Waals surface area (Å²) < 4.78 is 0. The zero-order chi connectivity index (χ0) is 24.7. The number of aliphatic hydroxyl groups excluding tert-OH is 1. The van der Waals surface area contributed by atoms with Crippen LogP contribution in [0.25, 0.3) is 0 Å². The molecule has 34 heavy (non-hydrogen) atoms. The van der Waals surface area contributed by atoms with Crippen molar-refractivity contribution >= 4 is 5.71 Å². The number of hydrogen-bond donors (Lipinski definition) is 2.